The lowest BCUT2D eigenvalue weighted by molar-refractivity contribution is -0.144. The molecule has 0 aliphatic heterocycles. The molecule has 1 aromatic carbocycles. The van der Waals surface area contributed by atoms with Gasteiger partial charge in [0, 0.05) is 10.0 Å². The van der Waals surface area contributed by atoms with E-state index in [1.807, 2.05) is 0 Å². The Labute approximate surface area is 152 Å². The van der Waals surface area contributed by atoms with E-state index in [0.29, 0.717) is 10.0 Å². The monoisotopic (exact) mass is 449 g/mol. The topological polar surface area (TPSA) is 111 Å². The Kier molecular flexibility index (Phi) is 4.54. The van der Waals surface area contributed by atoms with E-state index in [9.17, 15) is 21.6 Å². The summed E-state index contributed by atoms with van der Waals surface area (Å²) in [7, 11) is -4.59. The maximum Gasteiger partial charge on any atom is 0.453 e. The number of hydrogen-bond donors (Lipinski definition) is 1. The Balaban J connectivity index is 2.16. The molecule has 0 radical (unpaired) electrons. The lowest BCUT2D eigenvalue weighted by atomic mass is 10.2. The lowest BCUT2D eigenvalue weighted by Crippen LogP contribution is -2.10. The first-order chi connectivity index (χ1) is 12.1. The van der Waals surface area contributed by atoms with E-state index in [1.54, 1.807) is 12.1 Å². The van der Waals surface area contributed by atoms with Crippen LogP contribution in [-0.2, 0) is 16.3 Å². The van der Waals surface area contributed by atoms with Crippen LogP contribution in [0.4, 0.5) is 13.2 Å². The van der Waals surface area contributed by atoms with Crippen molar-refractivity contribution in [2.75, 3.05) is 0 Å². The minimum absolute atomic E-state index is 0.168. The third kappa shape index (κ3) is 3.73. The van der Waals surface area contributed by atoms with Gasteiger partial charge in [-0.05, 0) is 24.3 Å². The van der Waals surface area contributed by atoms with Crippen molar-refractivity contribution < 1.29 is 26.1 Å². The highest BCUT2D eigenvalue weighted by Gasteiger charge is 2.37. The molecule has 0 spiro atoms. The highest BCUT2D eigenvalue weighted by molar-refractivity contribution is 9.10. The van der Waals surface area contributed by atoms with Crippen molar-refractivity contribution in [1.82, 2.24) is 25.0 Å². The molecule has 0 bridgehead atoms. The summed E-state index contributed by atoms with van der Waals surface area (Å²) in [6.07, 6.45) is -4.79. The standard InChI is InChI=1S/C13H7BrF3N5O3S/c14-8-3-1-7(2-4-8)11-18-12(13(15,16)17)21-22(11)9-5-6-10(20-19-9)26(23,24)25/h1-6H,(H,23,24,25). The first kappa shape index (κ1) is 18.4. The van der Waals surface area contributed by atoms with Crippen LogP contribution >= 0.6 is 15.9 Å². The summed E-state index contributed by atoms with van der Waals surface area (Å²) in [6, 6.07) is 8.18. The number of aromatic nitrogens is 5. The normalized spacial score (nSPS) is 12.3. The predicted molar refractivity (Wildman–Crippen MR) is 84.9 cm³/mol. The van der Waals surface area contributed by atoms with Crippen molar-refractivity contribution in [2.24, 2.45) is 0 Å². The van der Waals surface area contributed by atoms with Gasteiger partial charge in [-0.25, -0.2) is 4.98 Å². The minimum Gasteiger partial charge on any atom is -0.281 e. The average Bonchev–Trinajstić information content (AvgIpc) is 3.00. The third-order valence-corrected chi connectivity index (χ3v) is 4.35. The molecule has 8 nitrogen and oxygen atoms in total. The zero-order chi connectivity index (χ0) is 19.1. The summed E-state index contributed by atoms with van der Waals surface area (Å²) in [5.74, 6) is -1.77. The highest BCUT2D eigenvalue weighted by atomic mass is 79.9. The zero-order valence-corrected chi connectivity index (χ0v) is 14.8. The molecule has 2 heterocycles. The fraction of sp³-hybridized carbons (Fsp3) is 0.0769. The van der Waals surface area contributed by atoms with Gasteiger partial charge in [0.15, 0.2) is 11.6 Å². The Hall–Kier alpha value is -2.38. The van der Waals surface area contributed by atoms with E-state index >= 15 is 0 Å². The van der Waals surface area contributed by atoms with E-state index < -0.39 is 27.1 Å². The number of alkyl halides is 3. The molecule has 13 heteroatoms. The van der Waals surface area contributed by atoms with Crippen LogP contribution in [-0.4, -0.2) is 37.9 Å². The van der Waals surface area contributed by atoms with E-state index in [1.165, 1.54) is 12.1 Å². The summed E-state index contributed by atoms with van der Waals surface area (Å²) >= 11 is 3.22. The van der Waals surface area contributed by atoms with Crippen LogP contribution in [0.15, 0.2) is 45.9 Å². The van der Waals surface area contributed by atoms with Crippen molar-refractivity contribution in [3.63, 3.8) is 0 Å². The van der Waals surface area contributed by atoms with E-state index in [2.05, 4.69) is 36.2 Å². The van der Waals surface area contributed by atoms with Gasteiger partial charge in [0.1, 0.15) is 0 Å². The van der Waals surface area contributed by atoms with Gasteiger partial charge in [0.05, 0.1) is 0 Å². The fourth-order valence-electron chi connectivity index (χ4n) is 1.94. The summed E-state index contributed by atoms with van der Waals surface area (Å²) in [5, 5.41) is 9.44. The Bertz CT molecular complexity index is 1050. The summed E-state index contributed by atoms with van der Waals surface area (Å²) in [5.41, 5.74) is 0.317. The summed E-state index contributed by atoms with van der Waals surface area (Å²) in [4.78, 5) is 3.51. The van der Waals surface area contributed by atoms with Gasteiger partial charge in [-0.1, -0.05) is 28.1 Å². The summed E-state index contributed by atoms with van der Waals surface area (Å²) < 4.78 is 71.4. The van der Waals surface area contributed by atoms with Crippen LogP contribution in [0.1, 0.15) is 5.82 Å². The smallest absolute Gasteiger partial charge is 0.281 e. The number of benzene rings is 1. The average molecular weight is 450 g/mol. The molecule has 0 amide bonds. The second-order valence-corrected chi connectivity index (χ2v) is 7.16. The van der Waals surface area contributed by atoms with Crippen LogP contribution in [0.25, 0.3) is 17.2 Å². The van der Waals surface area contributed by atoms with Gasteiger partial charge in [-0.3, -0.25) is 4.55 Å². The predicted octanol–water partition coefficient (Wildman–Crippen LogP) is 2.75. The van der Waals surface area contributed by atoms with Gasteiger partial charge in [-0.2, -0.15) is 26.3 Å². The molecule has 0 aliphatic carbocycles. The molecule has 0 saturated heterocycles. The van der Waals surface area contributed by atoms with Gasteiger partial charge < -0.3 is 0 Å². The first-order valence-electron chi connectivity index (χ1n) is 6.67. The van der Waals surface area contributed by atoms with Crippen molar-refractivity contribution in [3.05, 3.63) is 46.7 Å². The molecule has 0 saturated carbocycles. The Morgan fingerprint density at radius 3 is 2.19 bits per heavy atom. The number of nitrogens with zero attached hydrogens (tertiary/aromatic N) is 5. The number of rotatable bonds is 3. The number of halogens is 4. The quantitative estimate of drug-likeness (QED) is 0.611. The summed E-state index contributed by atoms with van der Waals surface area (Å²) in [6.45, 7) is 0. The van der Waals surface area contributed by atoms with Crippen LogP contribution in [0, 0.1) is 0 Å². The molecule has 3 aromatic rings. The molecule has 26 heavy (non-hydrogen) atoms. The molecule has 136 valence electrons. The molecule has 0 fully saturated rings. The molecule has 0 unspecified atom stereocenters. The van der Waals surface area contributed by atoms with Gasteiger partial charge >= 0.3 is 16.3 Å². The minimum atomic E-state index is -4.79. The molecule has 0 aliphatic rings. The molecular weight excluding hydrogens is 443 g/mol. The van der Waals surface area contributed by atoms with Crippen LogP contribution in [0.2, 0.25) is 0 Å². The SMILES string of the molecule is O=S(=O)(O)c1ccc(-n2nc(C(F)(F)F)nc2-c2ccc(Br)cc2)nn1. The highest BCUT2D eigenvalue weighted by Crippen LogP contribution is 2.30. The van der Waals surface area contributed by atoms with Crippen LogP contribution < -0.4 is 0 Å². The van der Waals surface area contributed by atoms with Crippen LogP contribution in [0.3, 0.4) is 0 Å². The van der Waals surface area contributed by atoms with E-state index in [4.69, 9.17) is 4.55 Å². The Morgan fingerprint density at radius 1 is 1.04 bits per heavy atom. The van der Waals surface area contributed by atoms with Gasteiger partial charge in [0.25, 0.3) is 5.82 Å². The van der Waals surface area contributed by atoms with E-state index in [0.717, 1.165) is 16.8 Å². The second-order valence-electron chi connectivity index (χ2n) is 4.88. The second kappa shape index (κ2) is 6.41. The molecule has 3 rings (SSSR count). The molecule has 0 atom stereocenters. The molecule has 1 N–H and O–H groups in total. The third-order valence-electron chi connectivity index (χ3n) is 3.07. The van der Waals surface area contributed by atoms with Crippen molar-refractivity contribution in [1.29, 1.82) is 0 Å². The van der Waals surface area contributed by atoms with E-state index in [-0.39, 0.29) is 11.6 Å². The lowest BCUT2D eigenvalue weighted by Gasteiger charge is -2.05. The van der Waals surface area contributed by atoms with Crippen molar-refractivity contribution in [2.45, 2.75) is 11.2 Å². The fourth-order valence-corrected chi connectivity index (χ4v) is 2.59. The zero-order valence-electron chi connectivity index (χ0n) is 12.4. The van der Waals surface area contributed by atoms with Gasteiger partial charge in [-0.15, -0.1) is 15.3 Å². The molecule has 2 aromatic heterocycles. The maximum absolute atomic E-state index is 13.0. The maximum atomic E-state index is 13.0. The van der Waals surface area contributed by atoms with Crippen LogP contribution in [0.5, 0.6) is 0 Å². The first-order valence-corrected chi connectivity index (χ1v) is 8.91. The largest absolute Gasteiger partial charge is 0.453 e. The van der Waals surface area contributed by atoms with Gasteiger partial charge in [0.2, 0.25) is 5.03 Å². The van der Waals surface area contributed by atoms with Crippen molar-refractivity contribution >= 4 is 26.0 Å². The number of hydrogen-bond acceptors (Lipinski definition) is 6. The molecular formula is C13H7BrF3N5O3S. The van der Waals surface area contributed by atoms with Crippen molar-refractivity contribution in [3.8, 4) is 17.2 Å². The Morgan fingerprint density at radius 2 is 1.69 bits per heavy atom.